The Labute approximate surface area is 212 Å². The summed E-state index contributed by atoms with van der Waals surface area (Å²) < 4.78 is 36.5. The highest BCUT2D eigenvalue weighted by atomic mass is 32.2. The number of aryl methyl sites for hydroxylation is 1. The zero-order valence-corrected chi connectivity index (χ0v) is 22.0. The maximum atomic E-state index is 12.4. The lowest BCUT2D eigenvalue weighted by Crippen LogP contribution is -2.24. The molecule has 0 saturated heterocycles. The van der Waals surface area contributed by atoms with Crippen LogP contribution >= 0.6 is 0 Å². The molecule has 1 amide bonds. The number of benzene rings is 2. The zero-order valence-electron chi connectivity index (χ0n) is 21.2. The number of unbranched alkanes of at least 4 members (excludes halogenated alkanes) is 2. The average Bonchev–Trinajstić information content (AvgIpc) is 2.85. The minimum Gasteiger partial charge on any atom is -0.494 e. The van der Waals surface area contributed by atoms with Crippen LogP contribution in [-0.2, 0) is 24.3 Å². The van der Waals surface area contributed by atoms with Crippen LogP contribution in [0.15, 0.2) is 47.4 Å². The quantitative estimate of drug-likeness (QED) is 0.228. The zero-order chi connectivity index (χ0) is 26.7. The Morgan fingerprint density at radius 1 is 0.972 bits per heavy atom. The lowest BCUT2D eigenvalue weighted by molar-refractivity contribution is -0.147. The Balaban J connectivity index is 1.79. The molecule has 2 aromatic carbocycles. The van der Waals surface area contributed by atoms with E-state index in [1.165, 1.54) is 20.2 Å². The molecular formula is C26H34N2O7S. The summed E-state index contributed by atoms with van der Waals surface area (Å²) in [6.07, 6.45) is 2.96. The molecule has 0 radical (unpaired) electrons. The first-order chi connectivity index (χ1) is 17.0. The number of carbonyl (C=O) groups is 3. The van der Waals surface area contributed by atoms with Gasteiger partial charge < -0.3 is 14.8 Å². The van der Waals surface area contributed by atoms with Gasteiger partial charge in [0.15, 0.2) is 12.4 Å². The summed E-state index contributed by atoms with van der Waals surface area (Å²) in [6.45, 7) is 3.84. The largest absolute Gasteiger partial charge is 0.494 e. The molecule has 0 saturated carbocycles. The molecule has 36 heavy (non-hydrogen) atoms. The first-order valence-corrected chi connectivity index (χ1v) is 13.2. The van der Waals surface area contributed by atoms with E-state index < -0.39 is 28.5 Å². The molecular weight excluding hydrogens is 484 g/mol. The second-order valence-corrected chi connectivity index (χ2v) is 10.6. The standard InChI is InChI=1S/C26H34N2O7S/c1-5-6-7-16-34-22-12-9-20(10-13-22)23(29)14-15-26(31)35-18-25(30)27-21-11-8-19(2)24(17-21)36(32,33)28(3)4/h8-13,17H,5-7,14-16,18H2,1-4H3,(H,27,30). The van der Waals surface area contributed by atoms with Crippen molar-refractivity contribution in [3.63, 3.8) is 0 Å². The topological polar surface area (TPSA) is 119 Å². The molecule has 0 aliphatic rings. The van der Waals surface area contributed by atoms with E-state index in [2.05, 4.69) is 12.2 Å². The van der Waals surface area contributed by atoms with Gasteiger partial charge in [-0.15, -0.1) is 0 Å². The summed E-state index contributed by atoms with van der Waals surface area (Å²) in [7, 11) is -0.842. The van der Waals surface area contributed by atoms with E-state index in [1.54, 1.807) is 43.3 Å². The third-order valence-corrected chi connectivity index (χ3v) is 7.30. The van der Waals surface area contributed by atoms with Gasteiger partial charge >= 0.3 is 5.97 Å². The molecule has 0 aromatic heterocycles. The van der Waals surface area contributed by atoms with Crippen molar-refractivity contribution < 1.29 is 32.3 Å². The van der Waals surface area contributed by atoms with Gasteiger partial charge in [0.2, 0.25) is 10.0 Å². The number of nitrogens with zero attached hydrogens (tertiary/aromatic N) is 1. The van der Waals surface area contributed by atoms with Crippen LogP contribution in [0.4, 0.5) is 5.69 Å². The van der Waals surface area contributed by atoms with Crippen molar-refractivity contribution >= 4 is 33.4 Å². The number of hydrogen-bond donors (Lipinski definition) is 1. The first kappa shape index (κ1) is 29.0. The Hall–Kier alpha value is -3.24. The number of rotatable bonds is 14. The van der Waals surface area contributed by atoms with Crippen molar-refractivity contribution in [3.8, 4) is 5.75 Å². The van der Waals surface area contributed by atoms with Gasteiger partial charge in [-0.3, -0.25) is 14.4 Å². The molecule has 0 heterocycles. The molecule has 10 heteroatoms. The molecule has 0 aliphatic heterocycles. The van der Waals surface area contributed by atoms with Gasteiger partial charge in [0, 0.05) is 31.8 Å². The predicted molar refractivity (Wildman–Crippen MR) is 137 cm³/mol. The summed E-state index contributed by atoms with van der Waals surface area (Å²) in [4.78, 5) is 36.6. The number of hydrogen-bond acceptors (Lipinski definition) is 7. The predicted octanol–water partition coefficient (Wildman–Crippen LogP) is 3.96. The molecule has 0 fully saturated rings. The van der Waals surface area contributed by atoms with E-state index in [0.29, 0.717) is 23.5 Å². The lowest BCUT2D eigenvalue weighted by atomic mass is 10.1. The summed E-state index contributed by atoms with van der Waals surface area (Å²) in [5.41, 5.74) is 1.26. The van der Waals surface area contributed by atoms with Crippen molar-refractivity contribution in [2.75, 3.05) is 32.6 Å². The number of esters is 1. The number of anilines is 1. The third kappa shape index (κ3) is 8.76. The molecule has 0 atom stereocenters. The van der Waals surface area contributed by atoms with E-state index in [0.717, 1.165) is 23.6 Å². The molecule has 0 bridgehead atoms. The van der Waals surface area contributed by atoms with Crippen LogP contribution in [0.25, 0.3) is 0 Å². The monoisotopic (exact) mass is 518 g/mol. The van der Waals surface area contributed by atoms with Crippen molar-refractivity contribution in [1.82, 2.24) is 4.31 Å². The van der Waals surface area contributed by atoms with Crippen LogP contribution in [-0.4, -0.2) is 57.7 Å². The molecule has 9 nitrogen and oxygen atoms in total. The number of Topliss-reactive ketones (excluding diaryl/α,β-unsaturated/α-hetero) is 1. The van der Waals surface area contributed by atoms with Crippen molar-refractivity contribution in [1.29, 1.82) is 0 Å². The van der Waals surface area contributed by atoms with E-state index >= 15 is 0 Å². The molecule has 2 rings (SSSR count). The van der Waals surface area contributed by atoms with Crippen LogP contribution in [0.1, 0.15) is 54.9 Å². The first-order valence-electron chi connectivity index (χ1n) is 11.8. The van der Waals surface area contributed by atoms with E-state index in [4.69, 9.17) is 9.47 Å². The fourth-order valence-electron chi connectivity index (χ4n) is 3.21. The van der Waals surface area contributed by atoms with E-state index in [9.17, 15) is 22.8 Å². The van der Waals surface area contributed by atoms with E-state index in [1.807, 2.05) is 0 Å². The van der Waals surface area contributed by atoms with Gasteiger partial charge in [0.1, 0.15) is 5.75 Å². The lowest BCUT2D eigenvalue weighted by Gasteiger charge is -2.15. The van der Waals surface area contributed by atoms with Gasteiger partial charge in [-0.25, -0.2) is 12.7 Å². The van der Waals surface area contributed by atoms with Crippen LogP contribution < -0.4 is 10.1 Å². The van der Waals surface area contributed by atoms with Crippen LogP contribution in [0.2, 0.25) is 0 Å². The van der Waals surface area contributed by atoms with Gasteiger partial charge in [-0.2, -0.15) is 0 Å². The number of sulfonamides is 1. The number of amides is 1. The molecule has 2 aromatic rings. The fourth-order valence-corrected chi connectivity index (χ4v) is 4.35. The number of nitrogens with one attached hydrogen (secondary N) is 1. The fraction of sp³-hybridized carbons (Fsp3) is 0.423. The van der Waals surface area contributed by atoms with Crippen LogP contribution in [0, 0.1) is 6.92 Å². The van der Waals surface area contributed by atoms with Crippen LogP contribution in [0.3, 0.4) is 0 Å². The summed E-state index contributed by atoms with van der Waals surface area (Å²) in [6, 6.07) is 11.2. The Morgan fingerprint density at radius 3 is 2.31 bits per heavy atom. The van der Waals surface area contributed by atoms with Crippen LogP contribution in [0.5, 0.6) is 5.75 Å². The van der Waals surface area contributed by atoms with Crippen molar-refractivity contribution in [3.05, 3.63) is 53.6 Å². The average molecular weight is 519 g/mol. The van der Waals surface area contributed by atoms with Gasteiger partial charge in [-0.1, -0.05) is 25.8 Å². The highest BCUT2D eigenvalue weighted by Gasteiger charge is 2.20. The summed E-state index contributed by atoms with van der Waals surface area (Å²) in [5, 5.41) is 2.52. The smallest absolute Gasteiger partial charge is 0.306 e. The highest BCUT2D eigenvalue weighted by molar-refractivity contribution is 7.89. The van der Waals surface area contributed by atoms with Gasteiger partial charge in [-0.05, 0) is 55.3 Å². The number of ether oxygens (including phenoxy) is 2. The highest BCUT2D eigenvalue weighted by Crippen LogP contribution is 2.22. The Kier molecular flexibility index (Phi) is 11.1. The normalized spacial score (nSPS) is 11.2. The summed E-state index contributed by atoms with van der Waals surface area (Å²) in [5.74, 6) is -0.841. The molecule has 1 N–H and O–H groups in total. The second kappa shape index (κ2) is 13.7. The van der Waals surface area contributed by atoms with E-state index in [-0.39, 0.29) is 29.2 Å². The molecule has 196 valence electrons. The maximum Gasteiger partial charge on any atom is 0.306 e. The number of ketones is 1. The molecule has 0 aliphatic carbocycles. The molecule has 0 spiro atoms. The third-order valence-electron chi connectivity index (χ3n) is 5.34. The SMILES string of the molecule is CCCCCOc1ccc(C(=O)CCC(=O)OCC(=O)Nc2ccc(C)c(S(=O)(=O)N(C)C)c2)cc1. The molecule has 0 unspecified atom stereocenters. The maximum absolute atomic E-state index is 12.4. The Bertz CT molecular complexity index is 1160. The number of carbonyl (C=O) groups excluding carboxylic acids is 3. The summed E-state index contributed by atoms with van der Waals surface area (Å²) >= 11 is 0. The van der Waals surface area contributed by atoms with Crippen molar-refractivity contribution in [2.24, 2.45) is 0 Å². The second-order valence-electron chi connectivity index (χ2n) is 8.48. The van der Waals surface area contributed by atoms with Gasteiger partial charge in [0.05, 0.1) is 17.9 Å². The minimum atomic E-state index is -3.68. The van der Waals surface area contributed by atoms with Gasteiger partial charge in [0.25, 0.3) is 5.91 Å². The van der Waals surface area contributed by atoms with Crippen molar-refractivity contribution in [2.45, 2.75) is 50.8 Å². The minimum absolute atomic E-state index is 0.0547. The Morgan fingerprint density at radius 2 is 1.67 bits per heavy atom.